The summed E-state index contributed by atoms with van der Waals surface area (Å²) >= 11 is 1.67. The number of hydrogen-bond acceptors (Lipinski definition) is 5. The fourth-order valence-electron chi connectivity index (χ4n) is 2.34. The predicted octanol–water partition coefficient (Wildman–Crippen LogP) is 2.37. The first kappa shape index (κ1) is 10.9. The van der Waals surface area contributed by atoms with Gasteiger partial charge in [-0.15, -0.1) is 11.3 Å². The molecule has 2 heterocycles. The Kier molecular flexibility index (Phi) is 2.94. The van der Waals surface area contributed by atoms with Crippen molar-refractivity contribution >= 4 is 27.5 Å². The summed E-state index contributed by atoms with van der Waals surface area (Å²) in [7, 11) is 0. The molecule has 0 bridgehead atoms. The van der Waals surface area contributed by atoms with Gasteiger partial charge in [0.15, 0.2) is 0 Å². The van der Waals surface area contributed by atoms with Crippen molar-refractivity contribution in [2.75, 3.05) is 5.32 Å². The minimum Gasteiger partial charge on any atom is -0.350 e. The number of nitrogens with zero attached hydrogens (tertiary/aromatic N) is 2. The Bertz CT molecular complexity index is 510. The molecule has 0 aromatic carbocycles. The van der Waals surface area contributed by atoms with Crippen molar-refractivity contribution in [1.82, 2.24) is 9.97 Å². The van der Waals surface area contributed by atoms with Crippen LogP contribution in [0.15, 0.2) is 17.6 Å². The topological polar surface area (TPSA) is 63.8 Å². The molecule has 2 aromatic rings. The Labute approximate surface area is 104 Å². The van der Waals surface area contributed by atoms with E-state index in [0.717, 1.165) is 23.1 Å². The molecule has 3 rings (SSSR count). The van der Waals surface area contributed by atoms with Crippen LogP contribution in [0.1, 0.15) is 25.7 Å². The van der Waals surface area contributed by atoms with Gasteiger partial charge in [-0.2, -0.15) is 0 Å². The van der Waals surface area contributed by atoms with Gasteiger partial charge >= 0.3 is 0 Å². The predicted molar refractivity (Wildman–Crippen MR) is 71.3 cm³/mol. The summed E-state index contributed by atoms with van der Waals surface area (Å²) in [5.41, 5.74) is 7.11. The number of thiophene rings is 1. The van der Waals surface area contributed by atoms with E-state index in [1.54, 1.807) is 11.3 Å². The number of aromatic nitrogens is 2. The molecule has 0 spiro atoms. The lowest BCUT2D eigenvalue weighted by Gasteiger charge is -2.29. The maximum atomic E-state index is 6.10. The molecule has 0 radical (unpaired) electrons. The molecule has 2 aromatic heterocycles. The van der Waals surface area contributed by atoms with Crippen LogP contribution in [-0.4, -0.2) is 22.1 Å². The summed E-state index contributed by atoms with van der Waals surface area (Å²) in [5.74, 6) is 0.707. The fraction of sp³-hybridized carbons (Fsp3) is 0.500. The van der Waals surface area contributed by atoms with Crippen molar-refractivity contribution in [1.29, 1.82) is 0 Å². The third-order valence-corrected chi connectivity index (χ3v) is 4.18. The molecular formula is C12H16N4S. The summed E-state index contributed by atoms with van der Waals surface area (Å²) in [6.45, 7) is 0. The molecule has 17 heavy (non-hydrogen) atoms. The normalized spacial score (nSPS) is 25.0. The molecule has 0 unspecified atom stereocenters. The Morgan fingerprint density at radius 3 is 3.12 bits per heavy atom. The van der Waals surface area contributed by atoms with Crippen molar-refractivity contribution < 1.29 is 0 Å². The Morgan fingerprint density at radius 2 is 2.24 bits per heavy atom. The third kappa shape index (κ3) is 2.25. The maximum absolute atomic E-state index is 6.10. The van der Waals surface area contributed by atoms with E-state index in [9.17, 15) is 0 Å². The minimum absolute atomic E-state index is 0.227. The van der Waals surface area contributed by atoms with E-state index >= 15 is 0 Å². The zero-order valence-electron chi connectivity index (χ0n) is 9.60. The Hall–Kier alpha value is -1.20. The van der Waals surface area contributed by atoms with Crippen LogP contribution in [0.4, 0.5) is 5.95 Å². The lowest BCUT2D eigenvalue weighted by molar-refractivity contribution is 0.402. The number of nitrogens with one attached hydrogen (secondary N) is 1. The molecular weight excluding hydrogens is 232 g/mol. The molecule has 1 fully saturated rings. The van der Waals surface area contributed by atoms with Crippen LogP contribution < -0.4 is 11.1 Å². The fourth-order valence-corrected chi connectivity index (χ4v) is 3.03. The van der Waals surface area contributed by atoms with Gasteiger partial charge in [0.05, 0.1) is 16.4 Å². The molecule has 1 aliphatic carbocycles. The van der Waals surface area contributed by atoms with E-state index < -0.39 is 0 Å². The molecule has 4 nitrogen and oxygen atoms in total. The molecule has 0 amide bonds. The van der Waals surface area contributed by atoms with Crippen LogP contribution in [0, 0.1) is 0 Å². The number of nitrogens with two attached hydrogens (primary N) is 1. The van der Waals surface area contributed by atoms with Crippen LogP contribution >= 0.6 is 11.3 Å². The van der Waals surface area contributed by atoms with Gasteiger partial charge in [-0.1, -0.05) is 12.8 Å². The van der Waals surface area contributed by atoms with Crippen LogP contribution in [0.3, 0.4) is 0 Å². The lowest BCUT2D eigenvalue weighted by Crippen LogP contribution is -2.42. The van der Waals surface area contributed by atoms with Gasteiger partial charge in [-0.3, -0.25) is 0 Å². The smallest absolute Gasteiger partial charge is 0.223 e. The SMILES string of the molecule is N[C@H]1CCCC[C@H]1Nc1ncc2sccc2n1. The Balaban J connectivity index is 1.79. The van der Waals surface area contributed by atoms with Gasteiger partial charge in [-0.25, -0.2) is 9.97 Å². The zero-order valence-corrected chi connectivity index (χ0v) is 10.4. The molecule has 90 valence electrons. The largest absolute Gasteiger partial charge is 0.350 e. The minimum atomic E-state index is 0.227. The van der Waals surface area contributed by atoms with Crippen LogP contribution in [-0.2, 0) is 0 Å². The number of fused-ring (bicyclic) bond motifs is 1. The second kappa shape index (κ2) is 4.58. The molecule has 0 saturated heterocycles. The lowest BCUT2D eigenvalue weighted by atomic mass is 9.91. The van der Waals surface area contributed by atoms with E-state index in [4.69, 9.17) is 5.73 Å². The van der Waals surface area contributed by atoms with E-state index in [1.165, 1.54) is 12.8 Å². The second-order valence-electron chi connectivity index (χ2n) is 4.56. The molecule has 3 N–H and O–H groups in total. The molecule has 2 atom stereocenters. The van der Waals surface area contributed by atoms with Crippen molar-refractivity contribution in [3.8, 4) is 0 Å². The average Bonchev–Trinajstić information content (AvgIpc) is 2.79. The summed E-state index contributed by atoms with van der Waals surface area (Å²) < 4.78 is 1.13. The summed E-state index contributed by atoms with van der Waals surface area (Å²) in [5, 5.41) is 5.41. The van der Waals surface area contributed by atoms with E-state index in [2.05, 4.69) is 15.3 Å². The second-order valence-corrected chi connectivity index (χ2v) is 5.51. The number of anilines is 1. The average molecular weight is 248 g/mol. The van der Waals surface area contributed by atoms with Gasteiger partial charge in [0.1, 0.15) is 0 Å². The molecule has 1 saturated carbocycles. The first-order chi connectivity index (χ1) is 8.33. The third-order valence-electron chi connectivity index (χ3n) is 3.34. The highest BCUT2D eigenvalue weighted by Crippen LogP contribution is 2.22. The highest BCUT2D eigenvalue weighted by atomic mass is 32.1. The first-order valence-electron chi connectivity index (χ1n) is 6.05. The number of hydrogen-bond donors (Lipinski definition) is 2. The van der Waals surface area contributed by atoms with Crippen molar-refractivity contribution in [3.63, 3.8) is 0 Å². The highest BCUT2D eigenvalue weighted by molar-refractivity contribution is 7.17. The van der Waals surface area contributed by atoms with Gasteiger partial charge in [0.2, 0.25) is 5.95 Å². The molecule has 0 aliphatic heterocycles. The summed E-state index contributed by atoms with van der Waals surface area (Å²) in [4.78, 5) is 8.84. The summed E-state index contributed by atoms with van der Waals surface area (Å²) in [6, 6.07) is 2.57. The maximum Gasteiger partial charge on any atom is 0.223 e. The van der Waals surface area contributed by atoms with Crippen LogP contribution in [0.2, 0.25) is 0 Å². The van der Waals surface area contributed by atoms with Gasteiger partial charge in [0.25, 0.3) is 0 Å². The van der Waals surface area contributed by atoms with E-state index in [-0.39, 0.29) is 6.04 Å². The standard InChI is InChI=1S/C12H16N4S/c13-8-3-1-2-4-9(8)15-12-14-7-11-10(16-12)5-6-17-11/h5-9H,1-4,13H2,(H,14,15,16)/t8-,9+/m0/s1. The van der Waals surface area contributed by atoms with Gasteiger partial charge < -0.3 is 11.1 Å². The molecule has 5 heteroatoms. The first-order valence-corrected chi connectivity index (χ1v) is 6.93. The number of rotatable bonds is 2. The zero-order chi connectivity index (χ0) is 11.7. The van der Waals surface area contributed by atoms with E-state index in [0.29, 0.717) is 12.0 Å². The van der Waals surface area contributed by atoms with Gasteiger partial charge in [-0.05, 0) is 24.3 Å². The van der Waals surface area contributed by atoms with Crippen LogP contribution in [0.25, 0.3) is 10.2 Å². The quantitative estimate of drug-likeness (QED) is 0.856. The molecule has 1 aliphatic rings. The van der Waals surface area contributed by atoms with E-state index in [1.807, 2.05) is 17.6 Å². The van der Waals surface area contributed by atoms with Gasteiger partial charge in [0, 0.05) is 12.1 Å². The monoisotopic (exact) mass is 248 g/mol. The van der Waals surface area contributed by atoms with Crippen molar-refractivity contribution in [2.45, 2.75) is 37.8 Å². The summed E-state index contributed by atoms with van der Waals surface area (Å²) in [6.07, 6.45) is 6.57. The van der Waals surface area contributed by atoms with Crippen molar-refractivity contribution in [3.05, 3.63) is 17.6 Å². The van der Waals surface area contributed by atoms with Crippen molar-refractivity contribution in [2.24, 2.45) is 5.73 Å². The van der Waals surface area contributed by atoms with Crippen LogP contribution in [0.5, 0.6) is 0 Å². The Morgan fingerprint density at radius 1 is 1.35 bits per heavy atom. The highest BCUT2D eigenvalue weighted by Gasteiger charge is 2.22.